The molecule has 0 aromatic carbocycles. The fourth-order valence-electron chi connectivity index (χ4n) is 8.87. The van der Waals surface area contributed by atoms with E-state index in [2.05, 4.69) is 56.3 Å². The van der Waals surface area contributed by atoms with Crippen molar-refractivity contribution in [2.24, 2.45) is 0 Å². The highest BCUT2D eigenvalue weighted by molar-refractivity contribution is 6.35. The van der Waals surface area contributed by atoms with Crippen LogP contribution >= 0.6 is 58.0 Å². The number of halogens is 11. The van der Waals surface area contributed by atoms with Crippen LogP contribution in [0.15, 0.2) is 76.4 Å². The molecule has 0 spiro atoms. The number of carbonyl (C=O) groups is 5. The highest BCUT2D eigenvalue weighted by Gasteiger charge is 2.64. The molecule has 42 heteroatoms. The van der Waals surface area contributed by atoms with E-state index in [1.165, 1.54) is 18.2 Å². The fraction of sp³-hybridized carbons (Fsp3) is 0.364. The van der Waals surface area contributed by atoms with Crippen LogP contribution in [0.2, 0.25) is 25.8 Å². The molecule has 0 radical (unpaired) electrons. The van der Waals surface area contributed by atoms with E-state index in [0.29, 0.717) is 26.3 Å². The summed E-state index contributed by atoms with van der Waals surface area (Å²) in [7, 11) is 0. The molecule has 0 atom stereocenters. The second-order valence-corrected chi connectivity index (χ2v) is 24.5. The van der Waals surface area contributed by atoms with Crippen LogP contribution in [0.3, 0.4) is 0 Å². The molecule has 10 aromatic heterocycles. The Hall–Kier alpha value is -9.56. The van der Waals surface area contributed by atoms with Crippen LogP contribution in [0.25, 0.3) is 54.8 Å². The molecule has 97 heavy (non-hydrogen) atoms. The summed E-state index contributed by atoms with van der Waals surface area (Å²) in [6.07, 6.45) is -7.57. The van der Waals surface area contributed by atoms with Gasteiger partial charge in [-0.3, -0.25) is 47.9 Å². The number of hydrogen-bond donors (Lipinski definition) is 8. The van der Waals surface area contributed by atoms with Crippen LogP contribution in [0.5, 0.6) is 0 Å². The van der Waals surface area contributed by atoms with Crippen molar-refractivity contribution >= 4 is 142 Å². The minimum absolute atomic E-state index is 0.0133. The first-order chi connectivity index (χ1) is 45.4. The maximum absolute atomic E-state index is 12.8. The average Bonchev–Trinajstić information content (AvgIpc) is 1.62. The minimum atomic E-state index is -4.65. The van der Waals surface area contributed by atoms with Crippen molar-refractivity contribution in [2.75, 3.05) is 39.4 Å². The van der Waals surface area contributed by atoms with Gasteiger partial charge in [-0.25, -0.2) is 25.5 Å². The van der Waals surface area contributed by atoms with E-state index in [1.807, 2.05) is 26.1 Å². The van der Waals surface area contributed by atoms with Crippen LogP contribution in [-0.4, -0.2) is 159 Å². The molecule has 2 saturated heterocycles. The third kappa shape index (κ3) is 16.0. The zero-order valence-corrected chi connectivity index (χ0v) is 54.1. The lowest BCUT2D eigenvalue weighted by atomic mass is 10.1. The summed E-state index contributed by atoms with van der Waals surface area (Å²) in [5, 5.41) is 35.0. The highest BCUT2D eigenvalue weighted by Crippen LogP contribution is 2.49. The Labute approximate surface area is 559 Å². The van der Waals surface area contributed by atoms with Crippen molar-refractivity contribution in [3.05, 3.63) is 137 Å². The number of amides is 5. The summed E-state index contributed by atoms with van der Waals surface area (Å²) in [5.74, 6) is -3.74. The summed E-state index contributed by atoms with van der Waals surface area (Å²) < 4.78 is 108. The molecule has 0 bridgehead atoms. The van der Waals surface area contributed by atoms with Crippen LogP contribution in [0.1, 0.15) is 113 Å². The van der Waals surface area contributed by atoms with E-state index >= 15 is 0 Å². The van der Waals surface area contributed by atoms with Gasteiger partial charge in [-0.05, 0) is 60.3 Å². The third-order valence-corrected chi connectivity index (χ3v) is 15.4. The Morgan fingerprint density at radius 3 is 1.03 bits per heavy atom. The Kier molecular flexibility index (Phi) is 20.6. The number of alkyl halides is 6. The second-order valence-electron chi connectivity index (χ2n) is 22.7. The summed E-state index contributed by atoms with van der Waals surface area (Å²) in [6.45, 7) is 10.6. The van der Waals surface area contributed by atoms with Gasteiger partial charge in [0.2, 0.25) is 0 Å². The van der Waals surface area contributed by atoms with Crippen molar-refractivity contribution in [2.45, 2.75) is 89.3 Å². The molecule has 12 heterocycles. The minimum Gasteiger partial charge on any atom is -0.447 e. The normalized spacial score (nSPS) is 14.6. The zero-order chi connectivity index (χ0) is 71.0. The van der Waals surface area contributed by atoms with Crippen molar-refractivity contribution < 1.29 is 77.1 Å². The summed E-state index contributed by atoms with van der Waals surface area (Å²) in [6, 6.07) is 6.19. The maximum atomic E-state index is 12.8. The number of H-pyrrole nitrogens is 5. The van der Waals surface area contributed by atoms with Crippen molar-refractivity contribution in [3.63, 3.8) is 0 Å². The summed E-state index contributed by atoms with van der Waals surface area (Å²) in [5.41, 5.74) is -7.64. The van der Waals surface area contributed by atoms with E-state index in [0.717, 1.165) is 51.9 Å². The highest BCUT2D eigenvalue weighted by atomic mass is 35.5. The van der Waals surface area contributed by atoms with Gasteiger partial charge in [0.1, 0.15) is 11.1 Å². The lowest BCUT2D eigenvalue weighted by Crippen LogP contribution is -2.54. The second kappa shape index (κ2) is 27.9. The smallest absolute Gasteiger partial charge is 0.411 e. The first-order valence-electron chi connectivity index (χ1n) is 28.0. The van der Waals surface area contributed by atoms with Gasteiger partial charge in [0, 0.05) is 62.0 Å². The predicted molar refractivity (Wildman–Crippen MR) is 330 cm³/mol. The molecule has 3 aliphatic rings. The number of rotatable bonds is 7. The number of fused-ring (bicyclic) bond motifs is 5. The van der Waals surface area contributed by atoms with Crippen LogP contribution in [-0.2, 0) is 4.74 Å². The number of aromatic nitrogens is 10. The number of furan rings is 5. The molecular formula is C55H48Cl5F6N15O16. The number of nitrogens with one attached hydrogen (secondary N) is 8. The van der Waals surface area contributed by atoms with Gasteiger partial charge in [-0.2, -0.15) is 51.8 Å². The molecule has 1 saturated carbocycles. The summed E-state index contributed by atoms with van der Waals surface area (Å²) in [4.78, 5) is 121. The number of aromatic amines is 5. The maximum Gasteiger partial charge on any atom is 0.411 e. The quantitative estimate of drug-likeness (QED) is 0.0701. The first kappa shape index (κ1) is 71.7. The largest absolute Gasteiger partial charge is 0.447 e. The SMILES string of the molecule is CC(C)(C)NC(=O)c1cc2c(=O)[nH]nc(Cl)c2o1.CC(C)(NC(=O)c1cc2c(=O)[nH]nc(Cl)c2o1)C(F)(F)F.O=C(NC1(C(F)(F)F)CC1)c1cc2c(=O)[nH]nc(Cl)c2o1.O=C(c1cc2c(=O)[nH]nc(Cl)c2o1)N1CCCC1.O=C(c1cc2c(=O)[nH]nc(Cl)c2o1)N1CCOCC1. The number of nitrogens with zero attached hydrogens (tertiary/aromatic N) is 7. The van der Waals surface area contributed by atoms with Crippen LogP contribution in [0, 0.1) is 0 Å². The zero-order valence-electron chi connectivity index (χ0n) is 50.3. The molecular weight excluding hydrogens is 1420 g/mol. The van der Waals surface area contributed by atoms with E-state index < -0.39 is 86.0 Å². The van der Waals surface area contributed by atoms with Crippen LogP contribution in [0.4, 0.5) is 26.3 Å². The molecule has 1 aliphatic carbocycles. The number of carbonyl (C=O) groups excluding carboxylic acids is 5. The molecule has 3 fully saturated rings. The van der Waals surface area contributed by atoms with Crippen molar-refractivity contribution in [1.29, 1.82) is 0 Å². The van der Waals surface area contributed by atoms with Gasteiger partial charge in [0.25, 0.3) is 57.3 Å². The summed E-state index contributed by atoms with van der Waals surface area (Å²) >= 11 is 28.7. The molecule has 5 amide bonds. The van der Waals surface area contributed by atoms with Gasteiger partial charge in [-0.1, -0.05) is 58.0 Å². The number of hydrogen-bond acceptors (Lipinski definition) is 21. The Morgan fingerprint density at radius 2 is 0.742 bits per heavy atom. The molecule has 516 valence electrons. The molecule has 8 N–H and O–H groups in total. The first-order valence-corrected chi connectivity index (χ1v) is 29.9. The monoisotopic (exact) mass is 1460 g/mol. The molecule has 10 aromatic rings. The van der Waals surface area contributed by atoms with E-state index in [1.54, 1.807) is 15.1 Å². The van der Waals surface area contributed by atoms with Crippen molar-refractivity contribution in [1.82, 2.24) is 76.7 Å². The third-order valence-electron chi connectivity index (χ3n) is 14.2. The molecule has 13 rings (SSSR count). The standard InChI is InChI=1S/C11H7ClF3N3O3.C11H9ClF3N3O3.C11H10ClN3O4.C11H10ClN3O3.C11H12ClN3O3/c12-7-6-4(8(19)18-17-7)3-5(21-6)9(20)16-10(1-2-10)11(13,14)15;1-10(2,11(13,14)15)16-9(20)5-3-4-6(21-5)7(12)17-18-8(4)19;12-9-8-6(10(16)14-13-9)5-7(19-8)11(17)15-1-3-18-4-2-15;12-9-8-6(10(16)14-13-9)5-7(18-8)11(17)15-3-1-2-4-15;1-11(2,3)13-10(17)6-4-5-7(18-6)8(12)14-15-9(5)16/h3H,1-2H2,(H,16,20)(H,18,19);3H,1-2H3,(H,16,20)(H,18,19);5H,1-4H2,(H,14,16);5H,1-4H2,(H,14,16);4H,1-3H3,(H,13,17)(H,15,16). The van der Waals surface area contributed by atoms with E-state index in [9.17, 15) is 74.3 Å². The van der Waals surface area contributed by atoms with Gasteiger partial charge in [0.15, 0.2) is 82.5 Å². The molecule has 0 unspecified atom stereocenters. The van der Waals surface area contributed by atoms with E-state index in [-0.39, 0.29) is 123 Å². The average molecular weight is 1470 g/mol. The van der Waals surface area contributed by atoms with Gasteiger partial charge < -0.3 is 52.6 Å². The Bertz CT molecular complexity index is 4900. The number of likely N-dealkylation sites (tertiary alicyclic amines) is 1. The van der Waals surface area contributed by atoms with Gasteiger partial charge in [0.05, 0.1) is 40.1 Å². The fourth-order valence-corrected chi connectivity index (χ4v) is 9.78. The Balaban J connectivity index is 0.000000142. The number of morpholine rings is 1. The topological polar surface area (TPSA) is 432 Å². The lowest BCUT2D eigenvalue weighted by Gasteiger charge is -2.28. The van der Waals surface area contributed by atoms with E-state index in [4.69, 9.17) is 84.8 Å². The van der Waals surface area contributed by atoms with Gasteiger partial charge in [-0.15, -0.1) is 0 Å². The van der Waals surface area contributed by atoms with Crippen LogP contribution < -0.4 is 43.7 Å². The van der Waals surface area contributed by atoms with Crippen molar-refractivity contribution in [3.8, 4) is 0 Å². The molecule has 31 nitrogen and oxygen atoms in total. The lowest BCUT2D eigenvalue weighted by molar-refractivity contribution is -0.182. The predicted octanol–water partition coefficient (Wildman–Crippen LogP) is 7.98. The number of ether oxygens (including phenoxy) is 1. The molecule has 2 aliphatic heterocycles. The van der Waals surface area contributed by atoms with Gasteiger partial charge >= 0.3 is 12.4 Å². The Morgan fingerprint density at radius 1 is 0.454 bits per heavy atom.